The van der Waals surface area contributed by atoms with Gasteiger partial charge in [0.05, 0.1) is 0 Å². The van der Waals surface area contributed by atoms with Gasteiger partial charge in [0.1, 0.15) is 11.8 Å². The normalized spacial score (nSPS) is 12.8. The summed E-state index contributed by atoms with van der Waals surface area (Å²) in [5.41, 5.74) is 0.645. The van der Waals surface area contributed by atoms with Crippen molar-refractivity contribution in [3.63, 3.8) is 0 Å². The van der Waals surface area contributed by atoms with E-state index >= 15 is 0 Å². The lowest BCUT2D eigenvalue weighted by molar-refractivity contribution is -0.274. The number of benzene rings is 1. The third-order valence-corrected chi connectivity index (χ3v) is 3.05. The Balaban J connectivity index is 2.51. The fourth-order valence-corrected chi connectivity index (χ4v) is 1.87. The number of carboxylic acid groups (broad SMARTS) is 1. The number of nitrogens with one attached hydrogen (secondary N) is 1. The van der Waals surface area contributed by atoms with Crippen molar-refractivity contribution in [3.05, 3.63) is 29.8 Å². The van der Waals surface area contributed by atoms with Gasteiger partial charge in [-0.3, -0.25) is 4.79 Å². The van der Waals surface area contributed by atoms with E-state index in [9.17, 15) is 22.8 Å². The molecule has 1 rings (SSSR count). The van der Waals surface area contributed by atoms with Crippen molar-refractivity contribution in [3.8, 4) is 5.75 Å². The number of alkyl halides is 3. The minimum atomic E-state index is -4.75. The van der Waals surface area contributed by atoms with Crippen molar-refractivity contribution in [2.75, 3.05) is 0 Å². The van der Waals surface area contributed by atoms with E-state index in [4.69, 9.17) is 5.11 Å². The van der Waals surface area contributed by atoms with Gasteiger partial charge in [0.2, 0.25) is 5.91 Å². The molecule has 0 heterocycles. The second kappa shape index (κ2) is 7.85. The molecule has 0 spiro atoms. The molecule has 0 aromatic heterocycles. The molecule has 5 nitrogen and oxygen atoms in total. The van der Waals surface area contributed by atoms with Crippen LogP contribution in [0.2, 0.25) is 0 Å². The zero-order valence-corrected chi connectivity index (χ0v) is 12.7. The van der Waals surface area contributed by atoms with Gasteiger partial charge < -0.3 is 15.2 Å². The van der Waals surface area contributed by atoms with E-state index in [1.54, 1.807) is 13.8 Å². The molecule has 128 valence electrons. The fourth-order valence-electron chi connectivity index (χ4n) is 1.87. The highest BCUT2D eigenvalue weighted by Crippen LogP contribution is 2.23. The number of rotatable bonds is 7. The van der Waals surface area contributed by atoms with Gasteiger partial charge in [-0.2, -0.15) is 0 Å². The van der Waals surface area contributed by atoms with Crippen molar-refractivity contribution in [2.24, 2.45) is 5.92 Å². The van der Waals surface area contributed by atoms with E-state index < -0.39 is 24.3 Å². The van der Waals surface area contributed by atoms with Gasteiger partial charge in [0, 0.05) is 6.42 Å². The summed E-state index contributed by atoms with van der Waals surface area (Å²) in [5.74, 6) is -2.13. The average molecular weight is 333 g/mol. The van der Waals surface area contributed by atoms with Crippen LogP contribution in [-0.2, 0) is 16.0 Å². The van der Waals surface area contributed by atoms with Gasteiger partial charge in [-0.25, -0.2) is 4.79 Å². The lowest BCUT2D eigenvalue weighted by atomic mass is 10.0. The summed E-state index contributed by atoms with van der Waals surface area (Å²) < 4.78 is 39.8. The minimum Gasteiger partial charge on any atom is -0.480 e. The third kappa shape index (κ3) is 7.03. The van der Waals surface area contributed by atoms with Crippen molar-refractivity contribution in [2.45, 2.75) is 39.1 Å². The van der Waals surface area contributed by atoms with E-state index in [2.05, 4.69) is 10.1 Å². The molecule has 1 aromatic carbocycles. The Kier molecular flexibility index (Phi) is 6.41. The molecule has 0 bridgehead atoms. The molecule has 0 saturated carbocycles. The molecule has 2 N–H and O–H groups in total. The third-order valence-electron chi connectivity index (χ3n) is 3.05. The highest BCUT2D eigenvalue weighted by molar-refractivity contribution is 5.83. The zero-order valence-electron chi connectivity index (χ0n) is 12.7. The summed E-state index contributed by atoms with van der Waals surface area (Å²) in [6.07, 6.45) is -4.43. The Bertz CT molecular complexity index is 541. The van der Waals surface area contributed by atoms with Crippen LogP contribution in [0.4, 0.5) is 13.2 Å². The minimum absolute atomic E-state index is 0.0377. The number of ether oxygens (including phenoxy) is 1. The number of carbonyl (C=O) groups excluding carboxylic acids is 1. The Morgan fingerprint density at radius 3 is 2.22 bits per heavy atom. The fraction of sp³-hybridized carbons (Fsp3) is 0.467. The topological polar surface area (TPSA) is 75.6 Å². The quantitative estimate of drug-likeness (QED) is 0.804. The summed E-state index contributed by atoms with van der Waals surface area (Å²) in [7, 11) is 0. The SMILES string of the molecule is CC(C)[C@H](NC(=O)CCc1ccc(OC(F)(F)F)cc1)C(=O)O. The molecule has 1 atom stereocenters. The van der Waals surface area contributed by atoms with Crippen LogP contribution in [0.1, 0.15) is 25.8 Å². The van der Waals surface area contributed by atoms with E-state index in [-0.39, 0.29) is 24.5 Å². The molecular weight excluding hydrogens is 315 g/mol. The van der Waals surface area contributed by atoms with E-state index in [0.29, 0.717) is 5.56 Å². The van der Waals surface area contributed by atoms with Crippen molar-refractivity contribution >= 4 is 11.9 Å². The largest absolute Gasteiger partial charge is 0.573 e. The number of hydrogen-bond donors (Lipinski definition) is 2. The molecule has 0 aliphatic carbocycles. The first-order chi connectivity index (χ1) is 10.6. The summed E-state index contributed by atoms with van der Waals surface area (Å²) in [4.78, 5) is 22.7. The van der Waals surface area contributed by atoms with Crippen LogP contribution in [0.5, 0.6) is 5.75 Å². The van der Waals surface area contributed by atoms with Gasteiger partial charge in [0.15, 0.2) is 0 Å². The van der Waals surface area contributed by atoms with Gasteiger partial charge >= 0.3 is 12.3 Å². The predicted molar refractivity (Wildman–Crippen MR) is 75.9 cm³/mol. The van der Waals surface area contributed by atoms with E-state index in [1.165, 1.54) is 12.1 Å². The smallest absolute Gasteiger partial charge is 0.480 e. The molecule has 1 aromatic rings. The van der Waals surface area contributed by atoms with Crippen LogP contribution in [0, 0.1) is 5.92 Å². The number of amides is 1. The summed E-state index contributed by atoms with van der Waals surface area (Å²) >= 11 is 0. The van der Waals surface area contributed by atoms with Gasteiger partial charge in [-0.1, -0.05) is 26.0 Å². The van der Waals surface area contributed by atoms with Crippen LogP contribution in [0.3, 0.4) is 0 Å². The van der Waals surface area contributed by atoms with Crippen molar-refractivity contribution in [1.29, 1.82) is 0 Å². The van der Waals surface area contributed by atoms with Crippen LogP contribution >= 0.6 is 0 Å². The standard InChI is InChI=1S/C15H18F3NO4/c1-9(2)13(14(21)22)19-12(20)8-5-10-3-6-11(7-4-10)23-15(16,17)18/h3-4,6-7,9,13H,5,8H2,1-2H3,(H,19,20)(H,21,22)/t13-/m0/s1. The number of halogens is 3. The van der Waals surface area contributed by atoms with Gasteiger partial charge in [-0.05, 0) is 30.0 Å². The summed E-state index contributed by atoms with van der Waals surface area (Å²) in [6, 6.07) is 4.20. The number of aliphatic carboxylic acids is 1. The maximum atomic E-state index is 12.0. The molecular formula is C15H18F3NO4. The number of carboxylic acids is 1. The molecule has 0 saturated heterocycles. The first-order valence-corrected chi connectivity index (χ1v) is 6.95. The van der Waals surface area contributed by atoms with Gasteiger partial charge in [-0.15, -0.1) is 13.2 Å². The monoisotopic (exact) mass is 333 g/mol. The van der Waals surface area contributed by atoms with Crippen LogP contribution in [-0.4, -0.2) is 29.4 Å². The first-order valence-electron chi connectivity index (χ1n) is 6.95. The molecule has 23 heavy (non-hydrogen) atoms. The number of hydrogen-bond acceptors (Lipinski definition) is 3. The predicted octanol–water partition coefficient (Wildman–Crippen LogP) is 2.74. The second-order valence-electron chi connectivity index (χ2n) is 5.32. The van der Waals surface area contributed by atoms with E-state index in [1.807, 2.05) is 0 Å². The number of carbonyl (C=O) groups is 2. The zero-order chi connectivity index (χ0) is 17.6. The number of aryl methyl sites for hydroxylation is 1. The molecule has 0 unspecified atom stereocenters. The molecule has 0 aliphatic heterocycles. The molecule has 0 radical (unpaired) electrons. The highest BCUT2D eigenvalue weighted by atomic mass is 19.4. The van der Waals surface area contributed by atoms with Crippen LogP contribution in [0.15, 0.2) is 24.3 Å². The van der Waals surface area contributed by atoms with E-state index in [0.717, 1.165) is 12.1 Å². The molecule has 1 amide bonds. The maximum Gasteiger partial charge on any atom is 0.573 e. The Labute approximate surface area is 131 Å². The lowest BCUT2D eigenvalue weighted by Gasteiger charge is -2.17. The first kappa shape index (κ1) is 18.8. The Morgan fingerprint density at radius 1 is 1.22 bits per heavy atom. The molecule has 0 fully saturated rings. The maximum absolute atomic E-state index is 12.0. The second-order valence-corrected chi connectivity index (χ2v) is 5.32. The Morgan fingerprint density at radius 2 is 1.78 bits per heavy atom. The highest BCUT2D eigenvalue weighted by Gasteiger charge is 2.31. The summed E-state index contributed by atoms with van der Waals surface area (Å²) in [5, 5.41) is 11.4. The van der Waals surface area contributed by atoms with Crippen molar-refractivity contribution in [1.82, 2.24) is 5.32 Å². The molecule has 0 aliphatic rings. The van der Waals surface area contributed by atoms with Crippen LogP contribution in [0.25, 0.3) is 0 Å². The lowest BCUT2D eigenvalue weighted by Crippen LogP contribution is -2.44. The molecule has 8 heteroatoms. The van der Waals surface area contributed by atoms with Crippen LogP contribution < -0.4 is 10.1 Å². The summed E-state index contributed by atoms with van der Waals surface area (Å²) in [6.45, 7) is 3.36. The van der Waals surface area contributed by atoms with Crippen molar-refractivity contribution < 1.29 is 32.6 Å². The average Bonchev–Trinajstić information content (AvgIpc) is 2.41. The Hall–Kier alpha value is -2.25. The van der Waals surface area contributed by atoms with Gasteiger partial charge in [0.25, 0.3) is 0 Å².